The van der Waals surface area contributed by atoms with E-state index >= 15 is 0 Å². The maximum Gasteiger partial charge on any atom is 0.312 e. The standard InChI is InChI=1S/C17H14ClNO5/c1-8-3-12-15(17(21)19(8)2)10(6-14(20)24-12)9-4-11(18)16-13(5-9)22-7-23-16/h3-5,10H,6-7H2,1-2H3/t10-/m1/s1. The summed E-state index contributed by atoms with van der Waals surface area (Å²) in [6.45, 7) is 1.89. The molecule has 0 saturated heterocycles. The van der Waals surface area contributed by atoms with Gasteiger partial charge in [0, 0.05) is 24.7 Å². The molecule has 1 aromatic carbocycles. The number of aryl methyl sites for hydroxylation is 1. The van der Waals surface area contributed by atoms with Gasteiger partial charge < -0.3 is 18.8 Å². The number of pyridine rings is 1. The number of hydrogen-bond donors (Lipinski definition) is 0. The first-order valence-corrected chi connectivity index (χ1v) is 7.83. The SMILES string of the molecule is Cc1cc2c(c(=O)n1C)[C@@H](c1cc(Cl)c3c(c1)OCO3)CC(=O)O2. The zero-order valence-electron chi connectivity index (χ0n) is 13.1. The third-order valence-electron chi connectivity index (χ3n) is 4.46. The number of rotatable bonds is 1. The van der Waals surface area contributed by atoms with Crippen molar-refractivity contribution in [1.82, 2.24) is 4.57 Å². The summed E-state index contributed by atoms with van der Waals surface area (Å²) in [4.78, 5) is 24.7. The van der Waals surface area contributed by atoms with Gasteiger partial charge in [0.2, 0.25) is 6.79 Å². The number of nitrogens with zero attached hydrogens (tertiary/aromatic N) is 1. The maximum absolute atomic E-state index is 12.7. The maximum atomic E-state index is 12.7. The molecule has 2 aliphatic heterocycles. The fraction of sp³-hybridized carbons (Fsp3) is 0.294. The van der Waals surface area contributed by atoms with Crippen LogP contribution in [0, 0.1) is 6.92 Å². The fourth-order valence-corrected chi connectivity index (χ4v) is 3.40. The third-order valence-corrected chi connectivity index (χ3v) is 4.75. The molecule has 3 heterocycles. The minimum absolute atomic E-state index is 0.0707. The molecule has 7 heteroatoms. The molecule has 0 aliphatic carbocycles. The van der Waals surface area contributed by atoms with E-state index in [9.17, 15) is 9.59 Å². The quantitative estimate of drug-likeness (QED) is 0.741. The first-order chi connectivity index (χ1) is 11.5. The van der Waals surface area contributed by atoms with E-state index in [1.54, 1.807) is 36.7 Å². The van der Waals surface area contributed by atoms with E-state index in [0.717, 1.165) is 11.3 Å². The largest absolute Gasteiger partial charge is 0.454 e. The molecule has 0 radical (unpaired) electrons. The molecule has 0 spiro atoms. The van der Waals surface area contributed by atoms with Crippen LogP contribution in [0.15, 0.2) is 23.0 Å². The lowest BCUT2D eigenvalue weighted by atomic mass is 9.86. The molecule has 24 heavy (non-hydrogen) atoms. The molecular weight excluding hydrogens is 334 g/mol. The summed E-state index contributed by atoms with van der Waals surface area (Å²) in [5.41, 5.74) is 1.72. The molecule has 0 N–H and O–H groups in total. The summed E-state index contributed by atoms with van der Waals surface area (Å²) in [6, 6.07) is 5.18. The van der Waals surface area contributed by atoms with Crippen molar-refractivity contribution in [3.8, 4) is 17.2 Å². The number of hydrogen-bond acceptors (Lipinski definition) is 5. The fourth-order valence-electron chi connectivity index (χ4n) is 3.12. The summed E-state index contributed by atoms with van der Waals surface area (Å²) in [5, 5.41) is 0.393. The third kappa shape index (κ3) is 2.17. The van der Waals surface area contributed by atoms with Crippen LogP contribution in [0.1, 0.15) is 29.2 Å². The van der Waals surface area contributed by atoms with Crippen molar-refractivity contribution in [2.75, 3.05) is 6.79 Å². The summed E-state index contributed by atoms with van der Waals surface area (Å²) in [5.74, 6) is 0.491. The Bertz CT molecular complexity index is 934. The Balaban J connectivity index is 1.92. The Kier molecular flexibility index (Phi) is 3.31. The van der Waals surface area contributed by atoms with Crippen molar-refractivity contribution in [1.29, 1.82) is 0 Å². The number of carbonyl (C=O) groups is 1. The molecule has 0 unspecified atom stereocenters. The van der Waals surface area contributed by atoms with Gasteiger partial charge in [-0.15, -0.1) is 0 Å². The van der Waals surface area contributed by atoms with E-state index in [1.807, 2.05) is 0 Å². The van der Waals surface area contributed by atoms with Crippen LogP contribution in [0.3, 0.4) is 0 Å². The van der Waals surface area contributed by atoms with Crippen LogP contribution in [0.4, 0.5) is 0 Å². The van der Waals surface area contributed by atoms with Crippen LogP contribution in [0.25, 0.3) is 0 Å². The van der Waals surface area contributed by atoms with Crippen LogP contribution in [-0.2, 0) is 11.8 Å². The molecule has 0 fully saturated rings. The predicted octanol–water partition coefficient (Wildman–Crippen LogP) is 2.52. The van der Waals surface area contributed by atoms with Crippen molar-refractivity contribution in [3.63, 3.8) is 0 Å². The molecule has 2 aliphatic rings. The highest BCUT2D eigenvalue weighted by molar-refractivity contribution is 6.32. The molecule has 0 amide bonds. The number of ether oxygens (including phenoxy) is 3. The number of carbonyl (C=O) groups excluding carboxylic acids is 1. The summed E-state index contributed by atoms with van der Waals surface area (Å²) >= 11 is 6.25. The summed E-state index contributed by atoms with van der Waals surface area (Å²) in [7, 11) is 1.69. The minimum Gasteiger partial charge on any atom is -0.454 e. The molecule has 2 aromatic rings. The normalized spacial score (nSPS) is 18.3. The number of benzene rings is 1. The van der Waals surface area contributed by atoms with E-state index in [0.29, 0.717) is 27.8 Å². The number of esters is 1. The highest BCUT2D eigenvalue weighted by Gasteiger charge is 2.33. The molecule has 1 aromatic heterocycles. The molecular formula is C17H14ClNO5. The second kappa shape index (κ2) is 5.27. The smallest absolute Gasteiger partial charge is 0.312 e. The van der Waals surface area contributed by atoms with E-state index in [2.05, 4.69) is 0 Å². The second-order valence-electron chi connectivity index (χ2n) is 5.90. The number of aromatic nitrogens is 1. The van der Waals surface area contributed by atoms with E-state index in [1.165, 1.54) is 0 Å². The lowest BCUT2D eigenvalue weighted by Gasteiger charge is -2.25. The van der Waals surface area contributed by atoms with E-state index in [-0.39, 0.29) is 24.7 Å². The average Bonchev–Trinajstić information content (AvgIpc) is 3.01. The van der Waals surface area contributed by atoms with Gasteiger partial charge in [-0.3, -0.25) is 9.59 Å². The Hall–Kier alpha value is -2.47. The lowest BCUT2D eigenvalue weighted by molar-refractivity contribution is -0.135. The van der Waals surface area contributed by atoms with E-state index < -0.39 is 5.92 Å². The van der Waals surface area contributed by atoms with Gasteiger partial charge in [0.1, 0.15) is 5.75 Å². The van der Waals surface area contributed by atoms with Gasteiger partial charge >= 0.3 is 5.97 Å². The van der Waals surface area contributed by atoms with Crippen LogP contribution in [0.2, 0.25) is 5.02 Å². The van der Waals surface area contributed by atoms with Gasteiger partial charge in [0.05, 0.1) is 17.0 Å². The first-order valence-electron chi connectivity index (χ1n) is 7.46. The summed E-state index contributed by atoms with van der Waals surface area (Å²) < 4.78 is 17.5. The van der Waals surface area contributed by atoms with Gasteiger partial charge in [-0.1, -0.05) is 11.6 Å². The second-order valence-corrected chi connectivity index (χ2v) is 6.30. The van der Waals surface area contributed by atoms with Crippen molar-refractivity contribution >= 4 is 17.6 Å². The zero-order valence-corrected chi connectivity index (χ0v) is 13.8. The highest BCUT2D eigenvalue weighted by Crippen LogP contribution is 2.44. The van der Waals surface area contributed by atoms with Gasteiger partial charge in [-0.25, -0.2) is 0 Å². The van der Waals surface area contributed by atoms with Crippen molar-refractivity contribution in [2.45, 2.75) is 19.3 Å². The van der Waals surface area contributed by atoms with Crippen molar-refractivity contribution in [2.24, 2.45) is 7.05 Å². The average molecular weight is 348 g/mol. The highest BCUT2D eigenvalue weighted by atomic mass is 35.5. The van der Waals surface area contributed by atoms with Gasteiger partial charge in [-0.05, 0) is 24.6 Å². The zero-order chi connectivity index (χ0) is 17.0. The molecule has 0 bridgehead atoms. The topological polar surface area (TPSA) is 66.8 Å². The number of fused-ring (bicyclic) bond motifs is 2. The van der Waals surface area contributed by atoms with Crippen LogP contribution in [0.5, 0.6) is 17.2 Å². The van der Waals surface area contributed by atoms with Crippen LogP contribution in [-0.4, -0.2) is 17.3 Å². The Morgan fingerprint density at radius 3 is 2.75 bits per heavy atom. The molecule has 6 nitrogen and oxygen atoms in total. The first kappa shape index (κ1) is 15.1. The molecule has 1 atom stereocenters. The predicted molar refractivity (Wildman–Crippen MR) is 86.1 cm³/mol. The minimum atomic E-state index is -0.437. The lowest BCUT2D eigenvalue weighted by Crippen LogP contribution is -2.31. The van der Waals surface area contributed by atoms with Gasteiger partial charge in [0.25, 0.3) is 5.56 Å². The number of halogens is 1. The Morgan fingerprint density at radius 1 is 1.17 bits per heavy atom. The van der Waals surface area contributed by atoms with Gasteiger partial charge in [-0.2, -0.15) is 0 Å². The monoisotopic (exact) mass is 347 g/mol. The van der Waals surface area contributed by atoms with Crippen LogP contribution >= 0.6 is 11.6 Å². The van der Waals surface area contributed by atoms with Gasteiger partial charge in [0.15, 0.2) is 11.5 Å². The Labute approximate surface area is 142 Å². The molecule has 4 rings (SSSR count). The van der Waals surface area contributed by atoms with E-state index in [4.69, 9.17) is 25.8 Å². The summed E-state index contributed by atoms with van der Waals surface area (Å²) in [6.07, 6.45) is 0.0707. The van der Waals surface area contributed by atoms with Crippen LogP contribution < -0.4 is 19.8 Å². The van der Waals surface area contributed by atoms with Crippen molar-refractivity contribution < 1.29 is 19.0 Å². The molecule has 0 saturated carbocycles. The molecule has 124 valence electrons. The Morgan fingerprint density at radius 2 is 1.96 bits per heavy atom. The van der Waals surface area contributed by atoms with Crippen molar-refractivity contribution in [3.05, 3.63) is 50.4 Å².